The SMILES string of the molecule is Cc1cc(C=NNc2ncccc2[N+](=O)[O-])c(C)n1-c1ccc(I)cc1. The van der Waals surface area contributed by atoms with Crippen molar-refractivity contribution in [1.29, 1.82) is 0 Å². The highest BCUT2D eigenvalue weighted by molar-refractivity contribution is 14.1. The first-order valence-corrected chi connectivity index (χ1v) is 8.88. The number of hydrogen-bond acceptors (Lipinski definition) is 5. The molecule has 0 amide bonds. The van der Waals surface area contributed by atoms with Gasteiger partial charge in [0.25, 0.3) is 0 Å². The summed E-state index contributed by atoms with van der Waals surface area (Å²) < 4.78 is 3.32. The molecule has 3 aromatic rings. The molecule has 0 aliphatic rings. The summed E-state index contributed by atoms with van der Waals surface area (Å²) in [6.07, 6.45) is 3.12. The molecule has 2 aromatic heterocycles. The Morgan fingerprint density at radius 1 is 1.27 bits per heavy atom. The Hall–Kier alpha value is -2.75. The fourth-order valence-corrected chi connectivity index (χ4v) is 3.06. The first-order chi connectivity index (χ1) is 12.5. The third kappa shape index (κ3) is 3.74. The topological polar surface area (TPSA) is 85.3 Å². The van der Waals surface area contributed by atoms with E-state index in [1.807, 2.05) is 19.9 Å². The number of hydrogen-bond donors (Lipinski definition) is 1. The van der Waals surface area contributed by atoms with E-state index in [-0.39, 0.29) is 11.5 Å². The summed E-state index contributed by atoms with van der Waals surface area (Å²) in [6.45, 7) is 4.04. The number of benzene rings is 1. The predicted molar refractivity (Wildman–Crippen MR) is 110 cm³/mol. The molecular weight excluding hydrogens is 445 g/mol. The number of pyridine rings is 1. The van der Waals surface area contributed by atoms with Crippen LogP contribution in [0.3, 0.4) is 0 Å². The molecular formula is C18H16IN5O2. The van der Waals surface area contributed by atoms with Crippen molar-refractivity contribution in [2.75, 3.05) is 5.43 Å². The van der Waals surface area contributed by atoms with Gasteiger partial charge in [0.05, 0.1) is 11.1 Å². The molecule has 0 aliphatic heterocycles. The van der Waals surface area contributed by atoms with E-state index in [2.05, 4.69) is 66.9 Å². The van der Waals surface area contributed by atoms with Crippen molar-refractivity contribution < 1.29 is 4.92 Å². The molecule has 0 bridgehead atoms. The quantitative estimate of drug-likeness (QED) is 0.263. The number of aryl methyl sites for hydroxylation is 1. The van der Waals surface area contributed by atoms with Gasteiger partial charge in [-0.15, -0.1) is 0 Å². The third-order valence-electron chi connectivity index (χ3n) is 3.91. The van der Waals surface area contributed by atoms with E-state index in [1.54, 1.807) is 6.21 Å². The van der Waals surface area contributed by atoms with Crippen LogP contribution >= 0.6 is 22.6 Å². The van der Waals surface area contributed by atoms with Crippen molar-refractivity contribution in [2.45, 2.75) is 13.8 Å². The van der Waals surface area contributed by atoms with E-state index in [1.165, 1.54) is 21.9 Å². The summed E-state index contributed by atoms with van der Waals surface area (Å²) >= 11 is 2.28. The molecule has 0 unspecified atom stereocenters. The summed E-state index contributed by atoms with van der Waals surface area (Å²) in [5.74, 6) is 0.111. The lowest BCUT2D eigenvalue weighted by Crippen LogP contribution is -2.00. The average molecular weight is 461 g/mol. The Balaban J connectivity index is 1.85. The van der Waals surface area contributed by atoms with Crippen molar-refractivity contribution >= 4 is 40.3 Å². The molecule has 0 saturated carbocycles. The largest absolute Gasteiger partial charge is 0.318 e. The minimum atomic E-state index is -0.493. The molecule has 132 valence electrons. The van der Waals surface area contributed by atoms with E-state index in [0.29, 0.717) is 0 Å². The van der Waals surface area contributed by atoms with Gasteiger partial charge in [0, 0.05) is 38.5 Å². The normalized spacial score (nSPS) is 11.0. The molecule has 8 heteroatoms. The van der Waals surface area contributed by atoms with Crippen LogP contribution in [0.15, 0.2) is 53.8 Å². The van der Waals surface area contributed by atoms with Gasteiger partial charge in [-0.05, 0) is 72.8 Å². The van der Waals surface area contributed by atoms with Crippen LogP contribution in [0.2, 0.25) is 0 Å². The van der Waals surface area contributed by atoms with Crippen LogP contribution in [-0.2, 0) is 0 Å². The van der Waals surface area contributed by atoms with Gasteiger partial charge in [0.1, 0.15) is 0 Å². The monoisotopic (exact) mass is 461 g/mol. The Morgan fingerprint density at radius 3 is 2.69 bits per heavy atom. The van der Waals surface area contributed by atoms with Crippen molar-refractivity contribution in [1.82, 2.24) is 9.55 Å². The molecule has 1 aromatic carbocycles. The minimum absolute atomic E-state index is 0.111. The van der Waals surface area contributed by atoms with Gasteiger partial charge in [-0.25, -0.2) is 4.98 Å². The van der Waals surface area contributed by atoms with Crippen molar-refractivity contribution in [3.05, 3.63) is 79.3 Å². The van der Waals surface area contributed by atoms with Gasteiger partial charge in [-0.2, -0.15) is 5.10 Å². The Kier molecular flexibility index (Phi) is 5.31. The minimum Gasteiger partial charge on any atom is -0.318 e. The molecule has 7 nitrogen and oxygen atoms in total. The van der Waals surface area contributed by atoms with Gasteiger partial charge in [0.2, 0.25) is 5.82 Å². The van der Waals surface area contributed by atoms with Gasteiger partial charge < -0.3 is 4.57 Å². The Labute approximate surface area is 164 Å². The highest BCUT2D eigenvalue weighted by atomic mass is 127. The van der Waals surface area contributed by atoms with Crippen LogP contribution in [0.25, 0.3) is 5.69 Å². The Morgan fingerprint density at radius 2 is 2.00 bits per heavy atom. The summed E-state index contributed by atoms with van der Waals surface area (Å²) in [7, 11) is 0. The molecule has 2 heterocycles. The first-order valence-electron chi connectivity index (χ1n) is 7.80. The number of hydrazone groups is 1. The zero-order valence-corrected chi connectivity index (χ0v) is 16.3. The molecule has 26 heavy (non-hydrogen) atoms. The zero-order valence-electron chi connectivity index (χ0n) is 14.2. The summed E-state index contributed by atoms with van der Waals surface area (Å²) in [4.78, 5) is 14.5. The molecule has 0 saturated heterocycles. The summed E-state index contributed by atoms with van der Waals surface area (Å²) in [6, 6.07) is 13.2. The lowest BCUT2D eigenvalue weighted by molar-refractivity contribution is -0.384. The highest BCUT2D eigenvalue weighted by Crippen LogP contribution is 2.22. The van der Waals surface area contributed by atoms with Crippen molar-refractivity contribution in [3.8, 4) is 5.69 Å². The van der Waals surface area contributed by atoms with Crippen molar-refractivity contribution in [2.24, 2.45) is 5.10 Å². The molecule has 0 atom stereocenters. The fraction of sp³-hybridized carbons (Fsp3) is 0.111. The Bertz CT molecular complexity index is 980. The number of rotatable bonds is 5. The maximum Gasteiger partial charge on any atom is 0.313 e. The van der Waals surface area contributed by atoms with Crippen molar-refractivity contribution in [3.63, 3.8) is 0 Å². The number of aromatic nitrogens is 2. The molecule has 3 rings (SSSR count). The van der Waals surface area contributed by atoms with E-state index in [0.717, 1.165) is 22.6 Å². The second-order valence-electron chi connectivity index (χ2n) is 5.64. The highest BCUT2D eigenvalue weighted by Gasteiger charge is 2.13. The second kappa shape index (κ2) is 7.65. The van der Waals surface area contributed by atoms with Crippen LogP contribution < -0.4 is 5.43 Å². The maximum atomic E-state index is 11.0. The predicted octanol–water partition coefficient (Wildman–Crippen LogP) is 4.45. The number of halogens is 1. The first kappa shape index (κ1) is 18.1. The van der Waals surface area contributed by atoms with E-state index in [4.69, 9.17) is 0 Å². The standard InChI is InChI=1S/C18H16IN5O2/c1-12-10-14(13(2)23(12)16-7-5-15(19)6-8-16)11-21-22-18-17(24(25)26)4-3-9-20-18/h3-11H,1-2H3,(H,20,22). The fourth-order valence-electron chi connectivity index (χ4n) is 2.70. The molecule has 1 N–H and O–H groups in total. The lowest BCUT2D eigenvalue weighted by Gasteiger charge is -2.09. The van der Waals surface area contributed by atoms with Crippen LogP contribution in [0.4, 0.5) is 11.5 Å². The van der Waals surface area contributed by atoms with Crippen LogP contribution in [-0.4, -0.2) is 20.7 Å². The average Bonchev–Trinajstić information content (AvgIpc) is 2.90. The molecule has 0 aliphatic carbocycles. The van der Waals surface area contributed by atoms with Crippen LogP contribution in [0.5, 0.6) is 0 Å². The number of nitrogens with zero attached hydrogens (tertiary/aromatic N) is 4. The number of anilines is 1. The maximum absolute atomic E-state index is 11.0. The van der Waals surface area contributed by atoms with E-state index < -0.39 is 4.92 Å². The lowest BCUT2D eigenvalue weighted by atomic mass is 10.2. The van der Waals surface area contributed by atoms with Gasteiger partial charge >= 0.3 is 5.69 Å². The van der Waals surface area contributed by atoms with Gasteiger partial charge in [-0.3, -0.25) is 15.5 Å². The third-order valence-corrected chi connectivity index (χ3v) is 4.63. The number of nitrogens with one attached hydrogen (secondary N) is 1. The molecule has 0 spiro atoms. The molecule has 0 radical (unpaired) electrons. The van der Waals surface area contributed by atoms with Gasteiger partial charge in [0.15, 0.2) is 0 Å². The molecule has 0 fully saturated rings. The van der Waals surface area contributed by atoms with Crippen LogP contribution in [0.1, 0.15) is 17.0 Å². The second-order valence-corrected chi connectivity index (χ2v) is 6.88. The number of nitro groups is 1. The summed E-state index contributed by atoms with van der Waals surface area (Å²) in [5.41, 5.74) is 6.65. The zero-order chi connectivity index (χ0) is 18.7. The van der Waals surface area contributed by atoms with E-state index >= 15 is 0 Å². The van der Waals surface area contributed by atoms with E-state index in [9.17, 15) is 10.1 Å². The van der Waals surface area contributed by atoms with Gasteiger partial charge in [-0.1, -0.05) is 0 Å². The summed E-state index contributed by atoms with van der Waals surface area (Å²) in [5, 5.41) is 15.1. The van der Waals surface area contributed by atoms with Crippen LogP contribution in [0, 0.1) is 27.5 Å². The smallest absolute Gasteiger partial charge is 0.313 e.